The van der Waals surface area contributed by atoms with E-state index in [4.69, 9.17) is 15.2 Å². The van der Waals surface area contributed by atoms with Gasteiger partial charge < -0.3 is 25.5 Å². The topological polar surface area (TPSA) is 145 Å². The third-order valence-corrected chi connectivity index (χ3v) is 4.44. The molecular weight excluding hydrogens is 457 g/mol. The molecule has 0 aliphatic heterocycles. The molecule has 174 valence electrons. The first kappa shape index (κ1) is 22.5. The summed E-state index contributed by atoms with van der Waals surface area (Å²) in [7, 11) is 1.45. The van der Waals surface area contributed by atoms with Gasteiger partial charge in [-0.2, -0.15) is 13.2 Å². The fourth-order valence-electron chi connectivity index (χ4n) is 2.92. The number of aromatic nitrogens is 4. The number of nitrogens with zero attached hydrogens (tertiary/aromatic N) is 3. The van der Waals surface area contributed by atoms with E-state index in [0.717, 1.165) is 24.5 Å². The summed E-state index contributed by atoms with van der Waals surface area (Å²) < 4.78 is 49.5. The van der Waals surface area contributed by atoms with Gasteiger partial charge in [0.15, 0.2) is 0 Å². The smallest absolute Gasteiger partial charge is 0.416 e. The Kier molecular flexibility index (Phi) is 5.75. The minimum atomic E-state index is -4.54. The third kappa shape index (κ3) is 4.87. The first-order valence-electron chi connectivity index (χ1n) is 9.54. The number of aromatic amines is 1. The minimum Gasteiger partial charge on any atom is -0.439 e. The number of anilines is 1. The zero-order chi connectivity index (χ0) is 24.5. The second-order valence-electron chi connectivity index (χ2n) is 6.87. The highest BCUT2D eigenvalue weighted by molar-refractivity contribution is 5.92. The predicted molar refractivity (Wildman–Crippen MR) is 112 cm³/mol. The lowest BCUT2D eigenvalue weighted by molar-refractivity contribution is -0.137. The number of hydrogen-bond acceptors (Lipinski definition) is 8. The van der Waals surface area contributed by atoms with E-state index in [-0.39, 0.29) is 45.6 Å². The summed E-state index contributed by atoms with van der Waals surface area (Å²) in [4.78, 5) is 38.4. The van der Waals surface area contributed by atoms with Crippen LogP contribution in [0.1, 0.15) is 26.7 Å². The quantitative estimate of drug-likeness (QED) is 0.228. The molecule has 0 atom stereocenters. The van der Waals surface area contributed by atoms with Gasteiger partial charge in [-0.15, -0.1) is 0 Å². The van der Waals surface area contributed by atoms with E-state index in [1.807, 2.05) is 0 Å². The van der Waals surface area contributed by atoms with Gasteiger partial charge in [0.1, 0.15) is 23.5 Å². The number of carbonyl (C=O) groups excluding carboxylic acids is 2. The van der Waals surface area contributed by atoms with Gasteiger partial charge in [0.2, 0.25) is 11.7 Å². The highest BCUT2D eigenvalue weighted by Gasteiger charge is 2.31. The zero-order valence-corrected chi connectivity index (χ0v) is 17.3. The van der Waals surface area contributed by atoms with Crippen molar-refractivity contribution in [2.45, 2.75) is 6.18 Å². The van der Waals surface area contributed by atoms with E-state index in [9.17, 15) is 22.8 Å². The molecule has 0 aliphatic rings. The summed E-state index contributed by atoms with van der Waals surface area (Å²) >= 11 is 0. The molecule has 0 bridgehead atoms. The number of esters is 1. The van der Waals surface area contributed by atoms with Crippen LogP contribution in [0.25, 0.3) is 11.0 Å². The molecule has 4 rings (SSSR count). The molecule has 4 aromatic rings. The monoisotopic (exact) mass is 472 g/mol. The lowest BCUT2D eigenvalue weighted by Crippen LogP contribution is -2.19. The van der Waals surface area contributed by atoms with Crippen LogP contribution < -0.4 is 20.5 Å². The van der Waals surface area contributed by atoms with Crippen LogP contribution in [0.3, 0.4) is 0 Å². The number of imidazole rings is 1. The van der Waals surface area contributed by atoms with Gasteiger partial charge in [0.05, 0.1) is 16.6 Å². The van der Waals surface area contributed by atoms with Gasteiger partial charge in [-0.25, -0.2) is 19.7 Å². The number of rotatable bonds is 5. The molecule has 34 heavy (non-hydrogen) atoms. The van der Waals surface area contributed by atoms with E-state index in [0.29, 0.717) is 0 Å². The van der Waals surface area contributed by atoms with E-state index in [2.05, 4.69) is 25.3 Å². The average Bonchev–Trinajstić information content (AvgIpc) is 3.21. The molecule has 2 aromatic carbocycles. The van der Waals surface area contributed by atoms with Gasteiger partial charge >= 0.3 is 12.1 Å². The van der Waals surface area contributed by atoms with Crippen molar-refractivity contribution in [1.29, 1.82) is 0 Å². The molecule has 0 radical (unpaired) electrons. The second kappa shape index (κ2) is 8.69. The number of amides is 1. The van der Waals surface area contributed by atoms with Crippen molar-refractivity contribution < 1.29 is 32.2 Å². The standard InChI is InChI=1S/C21H15F3N6O4/c1-26-19(31)16-8-17(28-9-27-16)33-12-5-11(25)6-13(7-12)34-20(32)18-29-14-3-2-10(21(22,23)24)4-15(14)30-18/h2-9H,25H2,1H3,(H,26,31)(H,29,30). The molecular formula is C21H15F3N6O4. The molecule has 0 unspecified atom stereocenters. The minimum absolute atomic E-state index is 0.0167. The number of ether oxygens (including phenoxy) is 2. The summed E-state index contributed by atoms with van der Waals surface area (Å²) in [5.74, 6) is -1.53. The van der Waals surface area contributed by atoms with Crippen LogP contribution in [0.2, 0.25) is 0 Å². The van der Waals surface area contributed by atoms with Crippen LogP contribution >= 0.6 is 0 Å². The molecule has 13 heteroatoms. The van der Waals surface area contributed by atoms with E-state index >= 15 is 0 Å². The van der Waals surface area contributed by atoms with Gasteiger partial charge in [0, 0.05) is 37.0 Å². The molecule has 0 aliphatic carbocycles. The fraction of sp³-hybridized carbons (Fsp3) is 0.0952. The van der Waals surface area contributed by atoms with E-state index < -0.39 is 23.6 Å². The first-order valence-corrected chi connectivity index (χ1v) is 9.54. The molecule has 1 amide bonds. The summed E-state index contributed by atoms with van der Waals surface area (Å²) in [5, 5.41) is 2.42. The van der Waals surface area contributed by atoms with Crippen molar-refractivity contribution in [3.05, 3.63) is 65.9 Å². The van der Waals surface area contributed by atoms with Crippen molar-refractivity contribution in [3.8, 4) is 17.4 Å². The number of nitrogens with one attached hydrogen (secondary N) is 2. The highest BCUT2D eigenvalue weighted by atomic mass is 19.4. The molecule has 4 N–H and O–H groups in total. The third-order valence-electron chi connectivity index (χ3n) is 4.44. The lowest BCUT2D eigenvalue weighted by atomic mass is 10.2. The van der Waals surface area contributed by atoms with E-state index in [1.165, 1.54) is 31.3 Å². The number of alkyl halides is 3. The molecule has 0 fully saturated rings. The number of carbonyl (C=O) groups is 2. The number of fused-ring (bicyclic) bond motifs is 1. The Morgan fingerprint density at radius 2 is 1.82 bits per heavy atom. The molecule has 0 saturated carbocycles. The Morgan fingerprint density at radius 3 is 2.56 bits per heavy atom. The maximum atomic E-state index is 12.9. The summed E-state index contributed by atoms with van der Waals surface area (Å²) in [5.41, 5.74) is 5.40. The van der Waals surface area contributed by atoms with Gasteiger partial charge in [0.25, 0.3) is 5.91 Å². The van der Waals surface area contributed by atoms with Crippen molar-refractivity contribution in [3.63, 3.8) is 0 Å². The predicted octanol–water partition coefficient (Wildman–Crippen LogP) is 3.33. The number of benzene rings is 2. The number of H-pyrrole nitrogens is 1. The van der Waals surface area contributed by atoms with Crippen molar-refractivity contribution >= 4 is 28.6 Å². The zero-order valence-electron chi connectivity index (χ0n) is 17.3. The first-order chi connectivity index (χ1) is 16.1. The molecule has 2 heterocycles. The fourth-order valence-corrected chi connectivity index (χ4v) is 2.92. The Bertz CT molecular complexity index is 1400. The van der Waals surface area contributed by atoms with Gasteiger partial charge in [-0.1, -0.05) is 0 Å². The summed E-state index contributed by atoms with van der Waals surface area (Å²) in [6.45, 7) is 0. The van der Waals surface area contributed by atoms with Crippen LogP contribution in [0.15, 0.2) is 48.8 Å². The van der Waals surface area contributed by atoms with Gasteiger partial charge in [-0.3, -0.25) is 4.79 Å². The number of hydrogen-bond donors (Lipinski definition) is 3. The SMILES string of the molecule is CNC(=O)c1cc(Oc2cc(N)cc(OC(=O)c3nc4ccc(C(F)(F)F)cc4[nH]3)c2)ncn1. The van der Waals surface area contributed by atoms with Crippen LogP contribution in [-0.4, -0.2) is 38.9 Å². The lowest BCUT2D eigenvalue weighted by Gasteiger charge is -2.09. The number of halogens is 3. The van der Waals surface area contributed by atoms with Crippen LogP contribution in [-0.2, 0) is 6.18 Å². The molecule has 10 nitrogen and oxygen atoms in total. The Balaban J connectivity index is 1.54. The Hall–Kier alpha value is -4.68. The largest absolute Gasteiger partial charge is 0.439 e. The molecule has 0 spiro atoms. The second-order valence-corrected chi connectivity index (χ2v) is 6.87. The number of nitrogen functional groups attached to an aromatic ring is 1. The Morgan fingerprint density at radius 1 is 1.06 bits per heavy atom. The van der Waals surface area contributed by atoms with Crippen molar-refractivity contribution in [1.82, 2.24) is 25.3 Å². The summed E-state index contributed by atoms with van der Waals surface area (Å²) in [6.07, 6.45) is -3.40. The maximum Gasteiger partial charge on any atom is 0.416 e. The molecule has 0 saturated heterocycles. The average molecular weight is 472 g/mol. The van der Waals surface area contributed by atoms with Crippen LogP contribution in [0.4, 0.5) is 18.9 Å². The maximum absolute atomic E-state index is 12.9. The van der Waals surface area contributed by atoms with Crippen molar-refractivity contribution in [2.75, 3.05) is 12.8 Å². The Labute approximate surface area is 188 Å². The van der Waals surface area contributed by atoms with Crippen LogP contribution in [0, 0.1) is 0 Å². The van der Waals surface area contributed by atoms with E-state index in [1.54, 1.807) is 0 Å². The van der Waals surface area contributed by atoms with Crippen molar-refractivity contribution in [2.24, 2.45) is 0 Å². The van der Waals surface area contributed by atoms with Crippen LogP contribution in [0.5, 0.6) is 17.4 Å². The molecule has 2 aromatic heterocycles. The summed E-state index contributed by atoms with van der Waals surface area (Å²) in [6, 6.07) is 8.26. The number of nitrogens with two attached hydrogens (primary N) is 1. The van der Waals surface area contributed by atoms with Gasteiger partial charge in [-0.05, 0) is 18.2 Å². The highest BCUT2D eigenvalue weighted by Crippen LogP contribution is 2.31. The normalized spacial score (nSPS) is 11.3.